The standard InChI is InChI=1S/C6H14N2O3/c7-2-1-3-8-6(11)5(10)4-9/h5,9-10H,1-4,7H2,(H,8,11). The quantitative estimate of drug-likeness (QED) is 0.345. The van der Waals surface area contributed by atoms with Crippen LogP contribution in [0.2, 0.25) is 0 Å². The fraction of sp³-hybridized carbons (Fsp3) is 0.833. The fourth-order valence-electron chi connectivity index (χ4n) is 0.514. The Morgan fingerprint density at radius 1 is 1.64 bits per heavy atom. The van der Waals surface area contributed by atoms with Crippen molar-refractivity contribution < 1.29 is 15.0 Å². The maximum atomic E-state index is 10.7. The first-order valence-corrected chi connectivity index (χ1v) is 3.49. The van der Waals surface area contributed by atoms with E-state index in [1.807, 2.05) is 0 Å². The molecule has 0 radical (unpaired) electrons. The minimum Gasteiger partial charge on any atom is -0.393 e. The monoisotopic (exact) mass is 162 g/mol. The second-order valence-electron chi connectivity index (χ2n) is 2.13. The Balaban J connectivity index is 3.36. The highest BCUT2D eigenvalue weighted by Gasteiger charge is 2.11. The lowest BCUT2D eigenvalue weighted by Gasteiger charge is -2.07. The minimum atomic E-state index is -1.31. The fourth-order valence-corrected chi connectivity index (χ4v) is 0.514. The highest BCUT2D eigenvalue weighted by atomic mass is 16.3. The Kier molecular flexibility index (Phi) is 5.73. The minimum absolute atomic E-state index is 0.437. The third-order valence-electron chi connectivity index (χ3n) is 1.16. The first-order valence-electron chi connectivity index (χ1n) is 3.49. The average Bonchev–Trinajstić information content (AvgIpc) is 2.03. The summed E-state index contributed by atoms with van der Waals surface area (Å²) >= 11 is 0. The van der Waals surface area contributed by atoms with Gasteiger partial charge in [-0.1, -0.05) is 0 Å². The van der Waals surface area contributed by atoms with Crippen molar-refractivity contribution in [2.45, 2.75) is 12.5 Å². The molecular weight excluding hydrogens is 148 g/mol. The molecule has 1 unspecified atom stereocenters. The van der Waals surface area contributed by atoms with Crippen molar-refractivity contribution >= 4 is 5.91 Å². The van der Waals surface area contributed by atoms with E-state index in [2.05, 4.69) is 5.32 Å². The predicted molar refractivity (Wildman–Crippen MR) is 39.8 cm³/mol. The van der Waals surface area contributed by atoms with Crippen LogP contribution in [0, 0.1) is 0 Å². The van der Waals surface area contributed by atoms with Crippen LogP contribution in [-0.2, 0) is 4.79 Å². The van der Waals surface area contributed by atoms with Crippen LogP contribution in [0.3, 0.4) is 0 Å². The molecule has 0 aliphatic heterocycles. The number of carbonyl (C=O) groups excluding carboxylic acids is 1. The topological polar surface area (TPSA) is 95.6 Å². The molecule has 0 aromatic carbocycles. The Morgan fingerprint density at radius 2 is 2.27 bits per heavy atom. The van der Waals surface area contributed by atoms with E-state index in [-0.39, 0.29) is 0 Å². The Morgan fingerprint density at radius 3 is 2.73 bits per heavy atom. The summed E-state index contributed by atoms with van der Waals surface area (Å²) in [5.74, 6) is -0.555. The van der Waals surface area contributed by atoms with E-state index in [1.54, 1.807) is 0 Å². The Labute approximate surface area is 65.2 Å². The second-order valence-corrected chi connectivity index (χ2v) is 2.13. The molecule has 0 aliphatic rings. The Bertz CT molecular complexity index is 118. The van der Waals surface area contributed by atoms with Crippen molar-refractivity contribution in [3.8, 4) is 0 Å². The van der Waals surface area contributed by atoms with Gasteiger partial charge in [0.15, 0.2) is 6.10 Å². The van der Waals surface area contributed by atoms with Gasteiger partial charge in [-0.3, -0.25) is 4.79 Å². The number of carbonyl (C=O) groups is 1. The molecule has 0 rings (SSSR count). The summed E-state index contributed by atoms with van der Waals surface area (Å²) in [6.07, 6.45) is -0.642. The number of amides is 1. The van der Waals surface area contributed by atoms with Crippen molar-refractivity contribution in [3.05, 3.63) is 0 Å². The molecule has 5 N–H and O–H groups in total. The molecule has 0 heterocycles. The predicted octanol–water partition coefficient (Wildman–Crippen LogP) is -2.20. The van der Waals surface area contributed by atoms with E-state index in [4.69, 9.17) is 15.9 Å². The van der Waals surface area contributed by atoms with Crippen LogP contribution in [0.15, 0.2) is 0 Å². The van der Waals surface area contributed by atoms with E-state index >= 15 is 0 Å². The van der Waals surface area contributed by atoms with Crippen molar-refractivity contribution in [2.24, 2.45) is 5.73 Å². The lowest BCUT2D eigenvalue weighted by Crippen LogP contribution is -2.37. The van der Waals surface area contributed by atoms with Crippen molar-refractivity contribution in [3.63, 3.8) is 0 Å². The number of rotatable bonds is 5. The first-order chi connectivity index (χ1) is 5.22. The van der Waals surface area contributed by atoms with Gasteiger partial charge in [-0.15, -0.1) is 0 Å². The molecule has 11 heavy (non-hydrogen) atoms. The molecule has 0 bridgehead atoms. The number of nitrogens with two attached hydrogens (primary N) is 1. The molecule has 0 aliphatic carbocycles. The van der Waals surface area contributed by atoms with E-state index < -0.39 is 18.6 Å². The lowest BCUT2D eigenvalue weighted by atomic mass is 10.3. The van der Waals surface area contributed by atoms with Crippen LogP contribution < -0.4 is 11.1 Å². The van der Waals surface area contributed by atoms with Gasteiger partial charge < -0.3 is 21.3 Å². The molecule has 5 nitrogen and oxygen atoms in total. The third-order valence-corrected chi connectivity index (χ3v) is 1.16. The van der Waals surface area contributed by atoms with E-state index in [0.29, 0.717) is 19.5 Å². The van der Waals surface area contributed by atoms with Crippen LogP contribution in [0.4, 0.5) is 0 Å². The Hall–Kier alpha value is -0.650. The molecule has 0 aromatic rings. The van der Waals surface area contributed by atoms with Gasteiger partial charge in [0.1, 0.15) is 0 Å². The highest BCUT2D eigenvalue weighted by Crippen LogP contribution is 1.80. The van der Waals surface area contributed by atoms with Crippen molar-refractivity contribution in [1.82, 2.24) is 5.32 Å². The summed E-state index contributed by atoms with van der Waals surface area (Å²) in [6, 6.07) is 0. The molecule has 0 spiro atoms. The van der Waals surface area contributed by atoms with Crippen LogP contribution in [-0.4, -0.2) is 41.9 Å². The molecule has 1 atom stereocenters. The number of aliphatic hydroxyl groups is 2. The van der Waals surface area contributed by atoms with Gasteiger partial charge in [0, 0.05) is 6.54 Å². The number of hydrogen-bond donors (Lipinski definition) is 4. The SMILES string of the molecule is NCCCNC(=O)C(O)CO. The number of nitrogens with one attached hydrogen (secondary N) is 1. The van der Waals surface area contributed by atoms with E-state index in [0.717, 1.165) is 0 Å². The summed E-state index contributed by atoms with van der Waals surface area (Å²) in [5.41, 5.74) is 5.16. The van der Waals surface area contributed by atoms with Crippen molar-refractivity contribution in [1.29, 1.82) is 0 Å². The zero-order valence-corrected chi connectivity index (χ0v) is 6.29. The van der Waals surface area contributed by atoms with Gasteiger partial charge in [-0.2, -0.15) is 0 Å². The highest BCUT2D eigenvalue weighted by molar-refractivity contribution is 5.80. The zero-order chi connectivity index (χ0) is 8.69. The van der Waals surface area contributed by atoms with Gasteiger partial charge in [0.25, 0.3) is 5.91 Å². The average molecular weight is 162 g/mol. The normalized spacial score (nSPS) is 12.6. The molecule has 1 amide bonds. The molecule has 5 heteroatoms. The molecule has 0 fully saturated rings. The molecule has 0 saturated heterocycles. The second kappa shape index (κ2) is 6.09. The van der Waals surface area contributed by atoms with Gasteiger partial charge in [-0.05, 0) is 13.0 Å². The summed E-state index contributed by atoms with van der Waals surface area (Å²) in [6.45, 7) is 0.385. The lowest BCUT2D eigenvalue weighted by molar-refractivity contribution is -0.131. The number of hydrogen-bond acceptors (Lipinski definition) is 4. The third kappa shape index (κ3) is 4.72. The molecule has 66 valence electrons. The van der Waals surface area contributed by atoms with Gasteiger partial charge in [0.2, 0.25) is 0 Å². The van der Waals surface area contributed by atoms with Gasteiger partial charge in [-0.25, -0.2) is 0 Å². The summed E-state index contributed by atoms with van der Waals surface area (Å²) < 4.78 is 0. The van der Waals surface area contributed by atoms with E-state index in [1.165, 1.54) is 0 Å². The molecular formula is C6H14N2O3. The maximum absolute atomic E-state index is 10.7. The van der Waals surface area contributed by atoms with Gasteiger partial charge in [0.05, 0.1) is 6.61 Å². The summed E-state index contributed by atoms with van der Waals surface area (Å²) in [7, 11) is 0. The summed E-state index contributed by atoms with van der Waals surface area (Å²) in [5, 5.41) is 19.5. The van der Waals surface area contributed by atoms with E-state index in [9.17, 15) is 4.79 Å². The zero-order valence-electron chi connectivity index (χ0n) is 6.29. The smallest absolute Gasteiger partial charge is 0.251 e. The van der Waals surface area contributed by atoms with Crippen LogP contribution >= 0.6 is 0 Å². The van der Waals surface area contributed by atoms with Crippen LogP contribution in [0.25, 0.3) is 0 Å². The van der Waals surface area contributed by atoms with Gasteiger partial charge >= 0.3 is 0 Å². The summed E-state index contributed by atoms with van der Waals surface area (Å²) in [4.78, 5) is 10.7. The van der Waals surface area contributed by atoms with Crippen molar-refractivity contribution in [2.75, 3.05) is 19.7 Å². The molecule has 0 aromatic heterocycles. The van der Waals surface area contributed by atoms with Crippen LogP contribution in [0.5, 0.6) is 0 Å². The number of aliphatic hydroxyl groups excluding tert-OH is 2. The first kappa shape index (κ1) is 10.3. The largest absolute Gasteiger partial charge is 0.393 e. The van der Waals surface area contributed by atoms with Crippen LogP contribution in [0.1, 0.15) is 6.42 Å². The maximum Gasteiger partial charge on any atom is 0.251 e. The molecule has 0 saturated carbocycles.